The summed E-state index contributed by atoms with van der Waals surface area (Å²) in [5, 5.41) is 31.4. The van der Waals surface area contributed by atoms with Crippen molar-refractivity contribution < 1.29 is 29.4 Å². The number of aliphatic hydroxyl groups excluding tert-OH is 1. The molecule has 13 heteroatoms. The summed E-state index contributed by atoms with van der Waals surface area (Å²) in [5.74, 6) is -0.996. The van der Waals surface area contributed by atoms with E-state index < -0.39 is 29.5 Å². The zero-order chi connectivity index (χ0) is 26.5. The smallest absolute Gasteiger partial charge is 0.323 e. The number of aliphatic carboxylic acids is 1. The topological polar surface area (TPSA) is 166 Å². The molecule has 0 aliphatic heterocycles. The maximum Gasteiger partial charge on any atom is 0.323 e. The van der Waals surface area contributed by atoms with Crippen molar-refractivity contribution in [3.05, 3.63) is 40.7 Å². The lowest BCUT2D eigenvalue weighted by atomic mass is 10.2. The molecule has 194 valence electrons. The molecule has 3 rings (SSSR count). The summed E-state index contributed by atoms with van der Waals surface area (Å²) in [5.41, 5.74) is -0.540. The second-order valence-electron chi connectivity index (χ2n) is 9.08. The highest BCUT2D eigenvalue weighted by Crippen LogP contribution is 2.31. The number of carbonyl (C=O) groups is 1. The molecule has 0 aliphatic carbocycles. The Bertz CT molecular complexity index is 1220. The summed E-state index contributed by atoms with van der Waals surface area (Å²) >= 11 is 0. The Balaban J connectivity index is 2.12. The molecule has 2 N–H and O–H groups in total. The van der Waals surface area contributed by atoms with E-state index in [9.17, 15) is 25.1 Å². The van der Waals surface area contributed by atoms with Gasteiger partial charge in [-0.05, 0) is 33.3 Å². The van der Waals surface area contributed by atoms with Gasteiger partial charge in [0.1, 0.15) is 12.3 Å². The molecule has 3 aromatic rings. The average Bonchev–Trinajstić information content (AvgIpc) is 3.18. The highest BCUT2D eigenvalue weighted by molar-refractivity contribution is 5.80. The van der Waals surface area contributed by atoms with Crippen molar-refractivity contribution in [1.82, 2.24) is 19.5 Å². The molecule has 0 spiro atoms. The largest absolute Gasteiger partial charge is 0.480 e. The van der Waals surface area contributed by atoms with Gasteiger partial charge in [-0.3, -0.25) is 19.8 Å². The number of nitro groups is 1. The molecule has 13 nitrogen and oxygen atoms in total. The fraction of sp³-hybridized carbons (Fsp3) is 0.478. The lowest BCUT2D eigenvalue weighted by molar-refractivity contribution is -0.384. The van der Waals surface area contributed by atoms with Crippen molar-refractivity contribution in [2.45, 2.75) is 65.5 Å². The van der Waals surface area contributed by atoms with Gasteiger partial charge in [-0.25, -0.2) is 4.98 Å². The van der Waals surface area contributed by atoms with E-state index in [-0.39, 0.29) is 34.4 Å². The third-order valence-electron chi connectivity index (χ3n) is 4.95. The summed E-state index contributed by atoms with van der Waals surface area (Å²) in [7, 11) is 0. The second-order valence-corrected chi connectivity index (χ2v) is 9.08. The number of unbranched alkanes of at least 4 members (excludes halogenated alkanes) is 2. The highest BCUT2D eigenvalue weighted by Gasteiger charge is 2.27. The van der Waals surface area contributed by atoms with Crippen LogP contribution in [0.4, 0.5) is 11.6 Å². The van der Waals surface area contributed by atoms with Crippen LogP contribution in [0.25, 0.3) is 11.2 Å². The number of hydrogen-bond donors (Lipinski definition) is 2. The average molecular weight is 503 g/mol. The number of nitrogens with zero attached hydrogens (tertiary/aromatic N) is 6. The number of imidazole rings is 1. The quantitative estimate of drug-likeness (QED) is 0.160. The van der Waals surface area contributed by atoms with Gasteiger partial charge < -0.3 is 24.3 Å². The molecule has 0 saturated carbocycles. The van der Waals surface area contributed by atoms with Crippen molar-refractivity contribution in [3.63, 3.8) is 0 Å². The number of ether oxygens (including phenoxy) is 2. The second kappa shape index (κ2) is 11.3. The van der Waals surface area contributed by atoms with Crippen molar-refractivity contribution in [2.75, 3.05) is 11.4 Å². The number of hydrogen-bond acceptors (Lipinski definition) is 10. The van der Waals surface area contributed by atoms with Crippen molar-refractivity contribution in [1.29, 1.82) is 0 Å². The molecule has 1 aromatic carbocycles. The molecule has 1 unspecified atom stereocenters. The van der Waals surface area contributed by atoms with Crippen LogP contribution in [0.15, 0.2) is 30.6 Å². The highest BCUT2D eigenvalue weighted by atomic mass is 16.6. The first kappa shape index (κ1) is 26.8. The van der Waals surface area contributed by atoms with Gasteiger partial charge in [-0.1, -0.05) is 25.8 Å². The first-order chi connectivity index (χ1) is 17.0. The van der Waals surface area contributed by atoms with E-state index in [2.05, 4.69) is 15.0 Å². The van der Waals surface area contributed by atoms with E-state index in [1.165, 1.54) is 40.1 Å². The first-order valence-corrected chi connectivity index (χ1v) is 11.5. The Morgan fingerprint density at radius 3 is 2.67 bits per heavy atom. The molecule has 0 aliphatic rings. The number of nitro benzene ring substituents is 1. The molecule has 1 atom stereocenters. The zero-order valence-electron chi connectivity index (χ0n) is 20.6. The Kier molecular flexibility index (Phi) is 8.37. The molecule has 0 amide bonds. The van der Waals surface area contributed by atoms with E-state index in [0.717, 1.165) is 12.8 Å². The summed E-state index contributed by atoms with van der Waals surface area (Å²) in [6.45, 7) is 7.36. The molecule has 2 heterocycles. The predicted octanol–water partition coefficient (Wildman–Crippen LogP) is 3.70. The van der Waals surface area contributed by atoms with Gasteiger partial charge in [0.05, 0.1) is 22.9 Å². The van der Waals surface area contributed by atoms with Crippen LogP contribution in [0.5, 0.6) is 11.6 Å². The number of non-ortho nitro benzene ring substituents is 1. The van der Waals surface area contributed by atoms with Crippen LogP contribution in [-0.2, 0) is 16.1 Å². The van der Waals surface area contributed by atoms with Crippen molar-refractivity contribution >= 4 is 28.8 Å². The fourth-order valence-corrected chi connectivity index (χ4v) is 3.36. The number of aliphatic hydroxyl groups is 1. The summed E-state index contributed by atoms with van der Waals surface area (Å²) in [4.78, 5) is 36.6. The maximum absolute atomic E-state index is 11.4. The number of anilines is 1. The number of aromatic nitrogens is 4. The molecule has 0 radical (unpaired) electrons. The number of benzene rings is 1. The standard InChI is InChI=1S/C23H30N6O7/c1-5-6-7-11-28(22(32)36-23(2,3)4)21-25-19-18(24-14-27(19)13-17(30)31)20(26-21)35-16-10-8-9-15(12-16)29(33)34/h8-10,12,14,22,32H,5-7,11,13H2,1-4H3,(H,30,31). The molecule has 0 saturated heterocycles. The van der Waals surface area contributed by atoms with E-state index in [0.29, 0.717) is 13.0 Å². The lowest BCUT2D eigenvalue weighted by Crippen LogP contribution is -2.43. The Morgan fingerprint density at radius 2 is 2.03 bits per heavy atom. The van der Waals surface area contributed by atoms with Gasteiger partial charge in [-0.15, -0.1) is 0 Å². The van der Waals surface area contributed by atoms with E-state index >= 15 is 0 Å². The number of carboxylic acids is 1. The third kappa shape index (κ3) is 6.86. The number of rotatable bonds is 12. The predicted molar refractivity (Wildman–Crippen MR) is 130 cm³/mol. The minimum Gasteiger partial charge on any atom is -0.480 e. The zero-order valence-corrected chi connectivity index (χ0v) is 20.6. The van der Waals surface area contributed by atoms with Crippen LogP contribution in [-0.4, -0.2) is 59.2 Å². The number of carboxylic acid groups (broad SMARTS) is 1. The Hall–Kier alpha value is -3.84. The van der Waals surface area contributed by atoms with Crippen LogP contribution in [0.1, 0.15) is 47.0 Å². The monoisotopic (exact) mass is 502 g/mol. The summed E-state index contributed by atoms with van der Waals surface area (Å²) < 4.78 is 12.9. The molecule has 0 bridgehead atoms. The summed E-state index contributed by atoms with van der Waals surface area (Å²) in [6.07, 6.45) is 2.42. The third-order valence-corrected chi connectivity index (χ3v) is 4.95. The molecular weight excluding hydrogens is 472 g/mol. The van der Waals surface area contributed by atoms with Crippen LogP contribution >= 0.6 is 0 Å². The number of fused-ring (bicyclic) bond motifs is 1. The SMILES string of the molecule is CCCCCN(c1nc(Oc2cccc([N+](=O)[O-])c2)c2ncn(CC(=O)O)c2n1)C(O)OC(C)(C)C. The fourth-order valence-electron chi connectivity index (χ4n) is 3.36. The molecular formula is C23H30N6O7. The molecule has 2 aromatic heterocycles. The van der Waals surface area contributed by atoms with E-state index in [1.807, 2.05) is 6.92 Å². The first-order valence-electron chi connectivity index (χ1n) is 11.5. The van der Waals surface area contributed by atoms with Crippen molar-refractivity contribution in [2.24, 2.45) is 0 Å². The van der Waals surface area contributed by atoms with Crippen LogP contribution in [0, 0.1) is 10.1 Å². The van der Waals surface area contributed by atoms with E-state index in [4.69, 9.17) is 9.47 Å². The Morgan fingerprint density at radius 1 is 1.28 bits per heavy atom. The molecule has 36 heavy (non-hydrogen) atoms. The minimum atomic E-state index is -1.40. The lowest BCUT2D eigenvalue weighted by Gasteiger charge is -2.32. The van der Waals surface area contributed by atoms with Crippen LogP contribution in [0.3, 0.4) is 0 Å². The molecule has 0 fully saturated rings. The van der Waals surface area contributed by atoms with Gasteiger partial charge in [0.15, 0.2) is 11.2 Å². The van der Waals surface area contributed by atoms with Crippen LogP contribution < -0.4 is 9.64 Å². The van der Waals surface area contributed by atoms with Gasteiger partial charge in [0.25, 0.3) is 11.6 Å². The van der Waals surface area contributed by atoms with Crippen molar-refractivity contribution in [3.8, 4) is 11.6 Å². The Labute approximate surface area is 207 Å². The normalized spacial score (nSPS) is 12.5. The van der Waals surface area contributed by atoms with Gasteiger partial charge >= 0.3 is 5.97 Å². The van der Waals surface area contributed by atoms with E-state index in [1.54, 1.807) is 20.8 Å². The minimum absolute atomic E-state index is 0.0305. The maximum atomic E-state index is 11.4. The van der Waals surface area contributed by atoms with Crippen LogP contribution in [0.2, 0.25) is 0 Å². The van der Waals surface area contributed by atoms with Gasteiger partial charge in [-0.2, -0.15) is 9.97 Å². The van der Waals surface area contributed by atoms with Gasteiger partial charge in [0.2, 0.25) is 12.4 Å². The van der Waals surface area contributed by atoms with Gasteiger partial charge in [0, 0.05) is 12.6 Å². The summed E-state index contributed by atoms with van der Waals surface area (Å²) in [6, 6.07) is 5.54.